The van der Waals surface area contributed by atoms with Gasteiger partial charge in [-0.3, -0.25) is 4.79 Å². The zero-order valence-electron chi connectivity index (χ0n) is 23.1. The first-order valence-corrected chi connectivity index (χ1v) is 15.4. The fraction of sp³-hybridized carbons (Fsp3) is 0.355. The number of carbonyl (C=O) groups excluding carboxylic acids is 2. The van der Waals surface area contributed by atoms with Crippen LogP contribution in [0.3, 0.4) is 0 Å². The summed E-state index contributed by atoms with van der Waals surface area (Å²) >= 11 is 3.67. The van der Waals surface area contributed by atoms with Crippen LogP contribution in [0.2, 0.25) is 0 Å². The number of benzene rings is 3. The molecule has 0 unspecified atom stereocenters. The van der Waals surface area contributed by atoms with Crippen molar-refractivity contribution in [2.75, 3.05) is 38.2 Å². The zero-order valence-corrected chi connectivity index (χ0v) is 24.7. The number of nitrogens with zero attached hydrogens (tertiary/aromatic N) is 2. The molecule has 2 N–H and O–H groups in total. The predicted molar refractivity (Wildman–Crippen MR) is 161 cm³/mol. The Bertz CT molecular complexity index is 1290. The number of amides is 2. The van der Waals surface area contributed by atoms with Crippen LogP contribution in [0.1, 0.15) is 27.8 Å². The molecule has 0 radical (unpaired) electrons. The summed E-state index contributed by atoms with van der Waals surface area (Å²) in [4.78, 5) is 31.0. The quantitative estimate of drug-likeness (QED) is 0.437. The Hall–Kier alpha value is -2.98. The lowest BCUT2D eigenvalue weighted by atomic mass is 10.1. The summed E-state index contributed by atoms with van der Waals surface area (Å²) in [6.45, 7) is 5.69. The molecule has 0 fully saturated rings. The lowest BCUT2D eigenvalue weighted by molar-refractivity contribution is -0.130. The maximum Gasteiger partial charge on any atom is 0.407 e. The molecule has 7 nitrogen and oxygen atoms in total. The van der Waals surface area contributed by atoms with E-state index in [1.54, 1.807) is 16.7 Å². The van der Waals surface area contributed by atoms with Gasteiger partial charge >= 0.3 is 6.09 Å². The standard InChI is InChI=1S/C20H22N2O3S.C11H15NOS/c1-15-7-8-18-17(11-15)13-22(9-10-26-18)19(23)12-21-20(24)25-14-16-5-3-2-4-6-16;1-12-4-5-14-11-3-2-9(8-13)6-10(11)7-12/h2-8,11H,9-10,12-14H2,1H3,(H,21,24);2-3,6,13H,4-5,7-8H2,1H3. The molecule has 0 bridgehead atoms. The molecule has 0 atom stereocenters. The van der Waals surface area contributed by atoms with E-state index >= 15 is 0 Å². The van der Waals surface area contributed by atoms with E-state index in [4.69, 9.17) is 9.84 Å². The van der Waals surface area contributed by atoms with Crippen molar-refractivity contribution in [3.8, 4) is 0 Å². The second-order valence-electron chi connectivity index (χ2n) is 9.88. The monoisotopic (exact) mass is 579 g/mol. The van der Waals surface area contributed by atoms with Crippen molar-refractivity contribution >= 4 is 35.5 Å². The highest BCUT2D eigenvalue weighted by atomic mass is 32.2. The molecule has 0 aromatic heterocycles. The van der Waals surface area contributed by atoms with E-state index in [-0.39, 0.29) is 25.7 Å². The number of aliphatic hydroxyl groups excluding tert-OH is 1. The van der Waals surface area contributed by atoms with E-state index < -0.39 is 6.09 Å². The number of rotatable bonds is 5. The molecule has 5 rings (SSSR count). The van der Waals surface area contributed by atoms with Crippen LogP contribution in [0.4, 0.5) is 4.79 Å². The van der Waals surface area contributed by atoms with Crippen LogP contribution in [-0.2, 0) is 35.8 Å². The van der Waals surface area contributed by atoms with Gasteiger partial charge in [-0.15, -0.1) is 23.5 Å². The van der Waals surface area contributed by atoms with Crippen LogP contribution >= 0.6 is 23.5 Å². The van der Waals surface area contributed by atoms with E-state index in [9.17, 15) is 9.59 Å². The number of thioether (sulfide) groups is 2. The number of aliphatic hydroxyl groups is 1. The van der Waals surface area contributed by atoms with E-state index in [1.807, 2.05) is 55.1 Å². The molecular weight excluding hydrogens is 542 g/mol. The van der Waals surface area contributed by atoms with Crippen LogP contribution in [0.25, 0.3) is 0 Å². The maximum absolute atomic E-state index is 12.5. The van der Waals surface area contributed by atoms with Crippen molar-refractivity contribution in [2.24, 2.45) is 0 Å². The molecule has 2 aliphatic heterocycles. The Labute approximate surface area is 245 Å². The molecule has 2 amide bonds. The van der Waals surface area contributed by atoms with Gasteiger partial charge in [0.05, 0.1) is 6.61 Å². The first kappa shape index (κ1) is 30.0. The third kappa shape index (κ3) is 9.02. The third-order valence-corrected chi connectivity index (χ3v) is 8.82. The second kappa shape index (κ2) is 15.1. The molecule has 2 aliphatic rings. The molecule has 0 saturated carbocycles. The van der Waals surface area contributed by atoms with Gasteiger partial charge in [-0.2, -0.15) is 0 Å². The number of fused-ring (bicyclic) bond motifs is 2. The fourth-order valence-corrected chi connectivity index (χ4v) is 6.55. The Morgan fingerprint density at radius 3 is 2.35 bits per heavy atom. The zero-order chi connectivity index (χ0) is 28.3. The smallest absolute Gasteiger partial charge is 0.407 e. The van der Waals surface area contributed by atoms with Crippen molar-refractivity contribution < 1.29 is 19.4 Å². The summed E-state index contributed by atoms with van der Waals surface area (Å²) in [6, 6.07) is 22.0. The number of ether oxygens (including phenoxy) is 1. The molecule has 3 aromatic carbocycles. The molecule has 0 aliphatic carbocycles. The number of nitrogens with one attached hydrogen (secondary N) is 1. The van der Waals surface area contributed by atoms with E-state index in [0.717, 1.165) is 41.3 Å². The normalized spacial score (nSPS) is 14.9. The SMILES string of the molecule is CN1CCSc2ccc(CO)cc2C1.Cc1ccc2c(c1)CN(C(=O)CNC(=O)OCc1ccccc1)CCS2. The highest BCUT2D eigenvalue weighted by molar-refractivity contribution is 7.99. The molecular formula is C31H37N3O4S2. The van der Waals surface area contributed by atoms with Crippen molar-refractivity contribution in [1.29, 1.82) is 0 Å². The fourth-order valence-electron chi connectivity index (χ4n) is 4.45. The van der Waals surface area contributed by atoms with Gasteiger partial charge in [-0.1, -0.05) is 60.2 Å². The molecule has 0 spiro atoms. The summed E-state index contributed by atoms with van der Waals surface area (Å²) in [7, 11) is 2.14. The average Bonchev–Trinajstić information content (AvgIpc) is 3.29. The van der Waals surface area contributed by atoms with Gasteiger partial charge in [-0.25, -0.2) is 4.79 Å². The topological polar surface area (TPSA) is 82.1 Å². The Morgan fingerprint density at radius 2 is 1.60 bits per heavy atom. The first-order chi connectivity index (χ1) is 19.4. The highest BCUT2D eigenvalue weighted by Crippen LogP contribution is 2.29. The largest absolute Gasteiger partial charge is 0.445 e. The van der Waals surface area contributed by atoms with Gasteiger partial charge < -0.3 is 25.0 Å². The molecule has 3 aromatic rings. The Balaban J connectivity index is 0.000000222. The summed E-state index contributed by atoms with van der Waals surface area (Å²) in [5.41, 5.74) is 5.61. The summed E-state index contributed by atoms with van der Waals surface area (Å²) in [6.07, 6.45) is -0.581. The van der Waals surface area contributed by atoms with Crippen LogP contribution in [-0.4, -0.2) is 65.1 Å². The van der Waals surface area contributed by atoms with Gasteiger partial charge in [-0.05, 0) is 48.4 Å². The van der Waals surface area contributed by atoms with Gasteiger partial charge in [0.2, 0.25) is 5.91 Å². The van der Waals surface area contributed by atoms with E-state index in [2.05, 4.69) is 47.6 Å². The lowest BCUT2D eigenvalue weighted by Crippen LogP contribution is -2.40. The number of aryl methyl sites for hydroxylation is 1. The molecule has 40 heavy (non-hydrogen) atoms. The summed E-state index contributed by atoms with van der Waals surface area (Å²) in [5.74, 6) is 1.90. The first-order valence-electron chi connectivity index (χ1n) is 13.4. The second-order valence-corrected chi connectivity index (χ2v) is 12.2. The Kier molecular flexibility index (Phi) is 11.3. The number of carbonyl (C=O) groups is 2. The van der Waals surface area contributed by atoms with Crippen LogP contribution < -0.4 is 5.32 Å². The molecule has 0 saturated heterocycles. The summed E-state index contributed by atoms with van der Waals surface area (Å²) in [5, 5.41) is 11.6. The van der Waals surface area contributed by atoms with Gasteiger partial charge in [0.1, 0.15) is 13.2 Å². The van der Waals surface area contributed by atoms with Crippen LogP contribution in [0.5, 0.6) is 0 Å². The highest BCUT2D eigenvalue weighted by Gasteiger charge is 2.20. The third-order valence-electron chi connectivity index (χ3n) is 6.62. The van der Waals surface area contributed by atoms with Crippen molar-refractivity contribution in [3.05, 3.63) is 94.5 Å². The molecule has 212 valence electrons. The molecule has 9 heteroatoms. The lowest BCUT2D eigenvalue weighted by Gasteiger charge is -2.21. The van der Waals surface area contributed by atoms with E-state index in [1.165, 1.54) is 20.9 Å². The minimum absolute atomic E-state index is 0.0561. The van der Waals surface area contributed by atoms with E-state index in [0.29, 0.717) is 13.1 Å². The van der Waals surface area contributed by atoms with Crippen LogP contribution in [0, 0.1) is 6.92 Å². The maximum atomic E-state index is 12.5. The average molecular weight is 580 g/mol. The minimum atomic E-state index is -0.581. The van der Waals surface area contributed by atoms with Gasteiger partial charge in [0, 0.05) is 47.5 Å². The van der Waals surface area contributed by atoms with Crippen molar-refractivity contribution in [1.82, 2.24) is 15.1 Å². The number of hydrogen-bond acceptors (Lipinski definition) is 7. The van der Waals surface area contributed by atoms with Gasteiger partial charge in [0.25, 0.3) is 0 Å². The predicted octanol–water partition coefficient (Wildman–Crippen LogP) is 5.07. The number of hydrogen-bond donors (Lipinski definition) is 2. The van der Waals surface area contributed by atoms with Crippen LogP contribution in [0.15, 0.2) is 76.5 Å². The molecule has 2 heterocycles. The Morgan fingerprint density at radius 1 is 0.900 bits per heavy atom. The summed E-state index contributed by atoms with van der Waals surface area (Å²) < 4.78 is 5.14. The van der Waals surface area contributed by atoms with Crippen molar-refractivity contribution in [3.63, 3.8) is 0 Å². The van der Waals surface area contributed by atoms with Gasteiger partial charge in [0.15, 0.2) is 0 Å². The van der Waals surface area contributed by atoms with Crippen molar-refractivity contribution in [2.45, 2.75) is 43.0 Å². The minimum Gasteiger partial charge on any atom is -0.445 e. The number of alkyl carbamates (subject to hydrolysis) is 1.